The predicted molar refractivity (Wildman–Crippen MR) is 81.3 cm³/mol. The minimum atomic E-state index is -0.173. The average Bonchev–Trinajstić information content (AvgIpc) is 2.39. The quantitative estimate of drug-likeness (QED) is 0.780. The summed E-state index contributed by atoms with van der Waals surface area (Å²) in [4.78, 5) is 11.5. The maximum Gasteiger partial charge on any atom is 0.315 e. The molecule has 0 spiro atoms. The van der Waals surface area contributed by atoms with E-state index in [4.69, 9.17) is 10.5 Å². The van der Waals surface area contributed by atoms with Crippen LogP contribution in [0, 0.1) is 6.92 Å². The summed E-state index contributed by atoms with van der Waals surface area (Å²) >= 11 is 1.56. The van der Waals surface area contributed by atoms with Crippen molar-refractivity contribution in [3.05, 3.63) is 35.4 Å². The zero-order valence-corrected chi connectivity index (χ0v) is 12.7. The molecule has 2 atom stereocenters. The lowest BCUT2D eigenvalue weighted by atomic mass is 10.0. The highest BCUT2D eigenvalue weighted by Gasteiger charge is 2.20. The van der Waals surface area contributed by atoms with Crippen LogP contribution in [-0.2, 0) is 9.53 Å². The number of benzene rings is 1. The van der Waals surface area contributed by atoms with E-state index in [0.29, 0.717) is 12.4 Å². The minimum absolute atomic E-state index is 0.0428. The zero-order chi connectivity index (χ0) is 14.3. The Morgan fingerprint density at radius 3 is 2.74 bits per heavy atom. The molecule has 0 aromatic heterocycles. The van der Waals surface area contributed by atoms with Crippen LogP contribution in [0.25, 0.3) is 0 Å². The lowest BCUT2D eigenvalue weighted by molar-refractivity contribution is -0.139. The first-order valence-corrected chi connectivity index (χ1v) is 7.72. The number of carbonyl (C=O) groups excluding carboxylic acids is 1. The molecule has 0 fully saturated rings. The maximum atomic E-state index is 11.5. The third kappa shape index (κ3) is 5.25. The van der Waals surface area contributed by atoms with E-state index in [1.165, 1.54) is 11.1 Å². The summed E-state index contributed by atoms with van der Waals surface area (Å²) in [6.07, 6.45) is 0.883. The van der Waals surface area contributed by atoms with Gasteiger partial charge in [0.25, 0.3) is 0 Å². The van der Waals surface area contributed by atoms with E-state index < -0.39 is 0 Å². The number of thioether (sulfide) groups is 1. The highest BCUT2D eigenvalue weighted by molar-refractivity contribution is 8.00. The molecule has 1 rings (SSSR count). The Morgan fingerprint density at radius 1 is 1.42 bits per heavy atom. The molecule has 0 heterocycles. The molecule has 19 heavy (non-hydrogen) atoms. The maximum absolute atomic E-state index is 11.5. The van der Waals surface area contributed by atoms with Crippen LogP contribution < -0.4 is 5.73 Å². The highest BCUT2D eigenvalue weighted by atomic mass is 32.2. The van der Waals surface area contributed by atoms with E-state index in [0.717, 1.165) is 6.42 Å². The summed E-state index contributed by atoms with van der Waals surface area (Å²) in [5.41, 5.74) is 8.58. The smallest absolute Gasteiger partial charge is 0.315 e. The largest absolute Gasteiger partial charge is 0.465 e. The van der Waals surface area contributed by atoms with Crippen molar-refractivity contribution >= 4 is 17.7 Å². The fourth-order valence-corrected chi connectivity index (χ4v) is 3.07. The second kappa shape index (κ2) is 8.23. The Bertz CT molecular complexity index is 409. The van der Waals surface area contributed by atoms with Gasteiger partial charge in [-0.2, -0.15) is 0 Å². The fraction of sp³-hybridized carbons (Fsp3) is 0.533. The number of esters is 1. The molecule has 1 aromatic carbocycles. The number of rotatable bonds is 7. The van der Waals surface area contributed by atoms with Crippen LogP contribution in [0.1, 0.15) is 36.6 Å². The van der Waals surface area contributed by atoms with Crippen molar-refractivity contribution < 1.29 is 9.53 Å². The van der Waals surface area contributed by atoms with Gasteiger partial charge in [-0.05, 0) is 25.8 Å². The van der Waals surface area contributed by atoms with Crippen molar-refractivity contribution in [3.8, 4) is 0 Å². The Hall–Kier alpha value is -1.00. The number of aryl methyl sites for hydroxylation is 1. The van der Waals surface area contributed by atoms with E-state index in [-0.39, 0.29) is 17.3 Å². The summed E-state index contributed by atoms with van der Waals surface area (Å²) in [5.74, 6) is 0.175. The van der Waals surface area contributed by atoms with Crippen LogP contribution in [0.2, 0.25) is 0 Å². The minimum Gasteiger partial charge on any atom is -0.465 e. The third-order valence-corrected chi connectivity index (χ3v) is 4.30. The van der Waals surface area contributed by atoms with Gasteiger partial charge >= 0.3 is 5.97 Å². The molecule has 2 unspecified atom stereocenters. The van der Waals surface area contributed by atoms with Gasteiger partial charge in [0.2, 0.25) is 0 Å². The first-order chi connectivity index (χ1) is 9.08. The molecule has 3 nitrogen and oxygen atoms in total. The number of carbonyl (C=O) groups is 1. The van der Waals surface area contributed by atoms with E-state index >= 15 is 0 Å². The third-order valence-electron chi connectivity index (χ3n) is 2.92. The summed E-state index contributed by atoms with van der Waals surface area (Å²) in [6.45, 7) is 6.37. The van der Waals surface area contributed by atoms with Crippen LogP contribution in [0.5, 0.6) is 0 Å². The number of hydrogen-bond donors (Lipinski definition) is 1. The van der Waals surface area contributed by atoms with Crippen LogP contribution in [0.3, 0.4) is 0 Å². The van der Waals surface area contributed by atoms with Crippen molar-refractivity contribution in [2.45, 2.75) is 38.5 Å². The van der Waals surface area contributed by atoms with Gasteiger partial charge in [-0.1, -0.05) is 36.8 Å². The molecule has 2 N–H and O–H groups in total. The van der Waals surface area contributed by atoms with E-state index in [2.05, 4.69) is 32.0 Å². The Morgan fingerprint density at radius 2 is 2.16 bits per heavy atom. The molecule has 4 heteroatoms. The monoisotopic (exact) mass is 281 g/mol. The van der Waals surface area contributed by atoms with Gasteiger partial charge < -0.3 is 10.5 Å². The first-order valence-electron chi connectivity index (χ1n) is 6.67. The Kier molecular flexibility index (Phi) is 6.95. The summed E-state index contributed by atoms with van der Waals surface area (Å²) in [7, 11) is 0. The first kappa shape index (κ1) is 16.1. The molecule has 0 saturated carbocycles. The van der Waals surface area contributed by atoms with Crippen molar-refractivity contribution in [2.75, 3.05) is 12.4 Å². The summed E-state index contributed by atoms with van der Waals surface area (Å²) < 4.78 is 4.96. The molecule has 0 aliphatic heterocycles. The SMILES string of the molecule is CCOC(=O)CSC(c1cccc(C)c1)C(N)CC. The Labute approximate surface area is 119 Å². The number of ether oxygens (including phenoxy) is 1. The van der Waals surface area contributed by atoms with Crippen molar-refractivity contribution in [3.63, 3.8) is 0 Å². The standard InChI is InChI=1S/C15H23NO2S/c1-4-13(16)15(19-10-14(17)18-5-2)12-8-6-7-11(3)9-12/h6-9,13,15H,4-5,10,16H2,1-3H3. The second-order valence-electron chi connectivity index (χ2n) is 4.52. The molecule has 0 aliphatic rings. The number of nitrogens with two attached hydrogens (primary N) is 1. The van der Waals surface area contributed by atoms with Crippen molar-refractivity contribution in [1.82, 2.24) is 0 Å². The molecule has 0 aliphatic carbocycles. The van der Waals surface area contributed by atoms with Crippen LogP contribution in [0.15, 0.2) is 24.3 Å². The van der Waals surface area contributed by atoms with Gasteiger partial charge in [0.05, 0.1) is 12.4 Å². The average molecular weight is 281 g/mol. The predicted octanol–water partition coefficient (Wildman–Crippen LogP) is 3.07. The molecule has 106 valence electrons. The highest BCUT2D eigenvalue weighted by Crippen LogP contribution is 2.33. The molecule has 0 radical (unpaired) electrons. The summed E-state index contributed by atoms with van der Waals surface area (Å²) in [5, 5.41) is 0.134. The summed E-state index contributed by atoms with van der Waals surface area (Å²) in [6, 6.07) is 8.35. The lowest BCUT2D eigenvalue weighted by Crippen LogP contribution is -2.26. The van der Waals surface area contributed by atoms with Gasteiger partial charge in [0.1, 0.15) is 0 Å². The van der Waals surface area contributed by atoms with Crippen LogP contribution >= 0.6 is 11.8 Å². The molecule has 0 saturated heterocycles. The number of hydrogen-bond acceptors (Lipinski definition) is 4. The normalized spacial score (nSPS) is 13.9. The molecule has 0 amide bonds. The van der Waals surface area contributed by atoms with Crippen LogP contribution in [-0.4, -0.2) is 24.4 Å². The topological polar surface area (TPSA) is 52.3 Å². The van der Waals surface area contributed by atoms with Crippen LogP contribution in [0.4, 0.5) is 0 Å². The van der Waals surface area contributed by atoms with Crippen molar-refractivity contribution in [1.29, 1.82) is 0 Å². The molecular formula is C15H23NO2S. The van der Waals surface area contributed by atoms with E-state index in [1.54, 1.807) is 11.8 Å². The van der Waals surface area contributed by atoms with Gasteiger partial charge in [0, 0.05) is 11.3 Å². The van der Waals surface area contributed by atoms with E-state index in [1.807, 2.05) is 13.0 Å². The zero-order valence-electron chi connectivity index (χ0n) is 11.9. The second-order valence-corrected chi connectivity index (χ2v) is 5.65. The van der Waals surface area contributed by atoms with Gasteiger partial charge in [-0.25, -0.2) is 0 Å². The van der Waals surface area contributed by atoms with Crippen molar-refractivity contribution in [2.24, 2.45) is 5.73 Å². The van der Waals surface area contributed by atoms with Gasteiger partial charge in [-0.15, -0.1) is 11.8 Å². The lowest BCUT2D eigenvalue weighted by Gasteiger charge is -2.23. The van der Waals surface area contributed by atoms with Gasteiger partial charge in [-0.3, -0.25) is 4.79 Å². The molecular weight excluding hydrogens is 258 g/mol. The molecule has 0 bridgehead atoms. The fourth-order valence-electron chi connectivity index (χ4n) is 1.89. The Balaban J connectivity index is 2.75. The van der Waals surface area contributed by atoms with E-state index in [9.17, 15) is 4.79 Å². The van der Waals surface area contributed by atoms with Gasteiger partial charge in [0.15, 0.2) is 0 Å². The molecule has 1 aromatic rings.